The molecule has 1 aromatic carbocycles. The Kier molecular flexibility index (Phi) is 4.94. The van der Waals surface area contributed by atoms with Gasteiger partial charge in [0.25, 0.3) is 5.91 Å². The van der Waals surface area contributed by atoms with Gasteiger partial charge in [-0.1, -0.05) is 6.07 Å². The first-order chi connectivity index (χ1) is 15.8. The van der Waals surface area contributed by atoms with E-state index in [1.807, 2.05) is 0 Å². The highest BCUT2D eigenvalue weighted by Gasteiger charge is 2.27. The fraction of sp³-hybridized carbons (Fsp3) is 0.130. The van der Waals surface area contributed by atoms with Crippen LogP contribution in [0.15, 0.2) is 87.8 Å². The number of carbonyl (C=O) groups excluding carboxylic acids is 1. The average molecular weight is 462 g/mol. The van der Waals surface area contributed by atoms with Crippen molar-refractivity contribution in [3.8, 4) is 5.69 Å². The van der Waals surface area contributed by atoms with Gasteiger partial charge in [0.05, 0.1) is 10.3 Å². The smallest absolute Gasteiger partial charge is 0.268 e. The van der Waals surface area contributed by atoms with Crippen molar-refractivity contribution in [3.05, 3.63) is 94.3 Å². The lowest BCUT2D eigenvalue weighted by molar-refractivity contribution is -0.607. The first kappa shape index (κ1) is 20.8. The van der Waals surface area contributed by atoms with E-state index in [9.17, 15) is 23.2 Å². The minimum absolute atomic E-state index is 0.0593. The van der Waals surface area contributed by atoms with E-state index in [2.05, 4.69) is 10.3 Å². The minimum atomic E-state index is -4.01. The van der Waals surface area contributed by atoms with Crippen LogP contribution >= 0.6 is 0 Å². The molecular weight excluding hydrogens is 444 g/mol. The molecule has 0 bridgehead atoms. The highest BCUT2D eigenvalue weighted by Crippen LogP contribution is 2.25. The molecule has 1 saturated carbocycles. The van der Waals surface area contributed by atoms with Crippen molar-refractivity contribution >= 4 is 26.8 Å². The van der Waals surface area contributed by atoms with E-state index < -0.39 is 15.7 Å². The summed E-state index contributed by atoms with van der Waals surface area (Å²) < 4.78 is 28.2. The number of hydrogen-bond acceptors (Lipinski definition) is 6. The van der Waals surface area contributed by atoms with Crippen LogP contribution in [0, 0.1) is 5.21 Å². The van der Waals surface area contributed by atoms with Crippen molar-refractivity contribution in [1.29, 1.82) is 0 Å². The lowest BCUT2D eigenvalue weighted by Gasteiger charge is -2.17. The molecule has 1 aliphatic rings. The predicted octanol–water partition coefficient (Wildman–Crippen LogP) is 1.74. The van der Waals surface area contributed by atoms with Crippen molar-refractivity contribution < 1.29 is 17.9 Å². The molecular formula is C23H18N4O5S. The molecule has 0 atom stereocenters. The number of fused-ring (bicyclic) bond motifs is 1. The zero-order valence-electron chi connectivity index (χ0n) is 17.2. The summed E-state index contributed by atoms with van der Waals surface area (Å²) in [7, 11) is -4.01. The van der Waals surface area contributed by atoms with Gasteiger partial charge in [0.15, 0.2) is 17.8 Å². The van der Waals surface area contributed by atoms with Gasteiger partial charge >= 0.3 is 0 Å². The average Bonchev–Trinajstić information content (AvgIpc) is 3.63. The molecule has 0 spiro atoms. The summed E-state index contributed by atoms with van der Waals surface area (Å²) in [6.45, 7) is 0. The second-order valence-corrected chi connectivity index (χ2v) is 9.70. The number of rotatable bonds is 5. The zero-order chi connectivity index (χ0) is 23.2. The summed E-state index contributed by atoms with van der Waals surface area (Å²) in [5.41, 5.74) is 0.275. The first-order valence-electron chi connectivity index (χ1n) is 10.2. The topological polar surface area (TPSA) is 125 Å². The van der Waals surface area contributed by atoms with Crippen molar-refractivity contribution in [1.82, 2.24) is 14.9 Å². The summed E-state index contributed by atoms with van der Waals surface area (Å²) in [6, 6.07) is 13.2. The number of carbonyl (C=O) groups is 1. The predicted molar refractivity (Wildman–Crippen MR) is 119 cm³/mol. The number of benzene rings is 1. The van der Waals surface area contributed by atoms with E-state index in [1.165, 1.54) is 53.4 Å². The lowest BCUT2D eigenvalue weighted by Crippen LogP contribution is -2.30. The fourth-order valence-electron chi connectivity index (χ4n) is 3.58. The third-order valence-electron chi connectivity index (χ3n) is 5.36. The third-order valence-corrected chi connectivity index (χ3v) is 7.10. The van der Waals surface area contributed by atoms with Crippen LogP contribution in [0.3, 0.4) is 0 Å². The Morgan fingerprint density at radius 3 is 2.64 bits per heavy atom. The maximum absolute atomic E-state index is 13.2. The van der Waals surface area contributed by atoms with Crippen LogP contribution in [0.25, 0.3) is 16.7 Å². The highest BCUT2D eigenvalue weighted by molar-refractivity contribution is 7.91. The molecule has 0 unspecified atom stereocenters. The van der Waals surface area contributed by atoms with Crippen LogP contribution in [0.5, 0.6) is 0 Å². The normalized spacial score (nSPS) is 13.7. The first-order valence-corrected chi connectivity index (χ1v) is 11.7. The standard InChI is InChI=1S/C23H18N4O5S/c28-21-13-20(23(29)25-15-8-9-15)27(22-19(21)7-2-10-24-22)16-4-1-5-17(12-16)33(31,32)18-6-3-11-26(30)14-18/h1-7,10-15H,8-9H2,(H,25,29). The highest BCUT2D eigenvalue weighted by atomic mass is 32.2. The Morgan fingerprint density at radius 1 is 1.09 bits per heavy atom. The van der Waals surface area contributed by atoms with E-state index >= 15 is 0 Å². The van der Waals surface area contributed by atoms with Crippen LogP contribution in [0.4, 0.5) is 0 Å². The summed E-state index contributed by atoms with van der Waals surface area (Å²) >= 11 is 0. The Morgan fingerprint density at radius 2 is 1.88 bits per heavy atom. The van der Waals surface area contributed by atoms with Crippen molar-refractivity contribution in [3.63, 3.8) is 0 Å². The Labute approximate surface area is 188 Å². The molecule has 1 fully saturated rings. The molecule has 10 heteroatoms. The maximum Gasteiger partial charge on any atom is 0.268 e. The third kappa shape index (κ3) is 3.85. The van der Waals surface area contributed by atoms with Gasteiger partial charge in [-0.3, -0.25) is 14.2 Å². The summed E-state index contributed by atoms with van der Waals surface area (Å²) in [5.74, 6) is -0.439. The van der Waals surface area contributed by atoms with Crippen LogP contribution in [0.1, 0.15) is 23.3 Å². The van der Waals surface area contributed by atoms with Gasteiger partial charge in [-0.15, -0.1) is 0 Å². The molecule has 0 radical (unpaired) electrons. The molecule has 5 rings (SSSR count). The maximum atomic E-state index is 13.2. The Balaban J connectivity index is 1.72. The molecule has 0 aliphatic heterocycles. The minimum Gasteiger partial charge on any atom is -0.619 e. The van der Waals surface area contributed by atoms with Gasteiger partial charge in [0.1, 0.15) is 16.2 Å². The van der Waals surface area contributed by atoms with E-state index in [1.54, 1.807) is 18.2 Å². The lowest BCUT2D eigenvalue weighted by atomic mass is 10.2. The largest absolute Gasteiger partial charge is 0.619 e. The van der Waals surface area contributed by atoms with E-state index in [-0.39, 0.29) is 32.6 Å². The van der Waals surface area contributed by atoms with Crippen LogP contribution in [-0.2, 0) is 9.84 Å². The van der Waals surface area contributed by atoms with E-state index in [0.29, 0.717) is 15.8 Å². The number of sulfone groups is 1. The molecule has 3 heterocycles. The number of amides is 1. The van der Waals surface area contributed by atoms with Gasteiger partial charge in [-0.05, 0) is 49.2 Å². The van der Waals surface area contributed by atoms with Crippen molar-refractivity contribution in [2.75, 3.05) is 0 Å². The van der Waals surface area contributed by atoms with Gasteiger partial charge in [0.2, 0.25) is 9.84 Å². The fourth-order valence-corrected chi connectivity index (χ4v) is 4.89. The second-order valence-electron chi connectivity index (χ2n) is 7.75. The van der Waals surface area contributed by atoms with Crippen LogP contribution in [-0.4, -0.2) is 29.9 Å². The zero-order valence-corrected chi connectivity index (χ0v) is 18.0. The molecule has 3 aromatic heterocycles. The van der Waals surface area contributed by atoms with Gasteiger partial charge in [-0.25, -0.2) is 13.4 Å². The Bertz CT molecular complexity index is 1580. The molecule has 0 saturated heterocycles. The summed E-state index contributed by atoms with van der Waals surface area (Å²) in [6.07, 6.45) is 5.40. The molecule has 1 aliphatic carbocycles. The van der Waals surface area contributed by atoms with Crippen LogP contribution < -0.4 is 15.5 Å². The second kappa shape index (κ2) is 7.82. The van der Waals surface area contributed by atoms with Gasteiger partial charge in [0, 0.05) is 30.1 Å². The Hall–Kier alpha value is -4.05. The van der Waals surface area contributed by atoms with Crippen molar-refractivity contribution in [2.24, 2.45) is 0 Å². The number of pyridine rings is 3. The van der Waals surface area contributed by atoms with E-state index in [0.717, 1.165) is 19.0 Å². The summed E-state index contributed by atoms with van der Waals surface area (Å²) in [5, 5.41) is 14.8. The molecule has 4 aromatic rings. The molecule has 9 nitrogen and oxygen atoms in total. The molecule has 1 N–H and O–H groups in total. The number of nitrogens with one attached hydrogen (secondary N) is 1. The number of nitrogens with zero attached hydrogens (tertiary/aromatic N) is 3. The number of aromatic nitrogens is 3. The summed E-state index contributed by atoms with van der Waals surface area (Å²) in [4.78, 5) is 29.7. The van der Waals surface area contributed by atoms with Gasteiger partial charge < -0.3 is 10.5 Å². The van der Waals surface area contributed by atoms with Gasteiger partial charge in [-0.2, -0.15) is 4.73 Å². The molecule has 1 amide bonds. The number of hydrogen-bond donors (Lipinski definition) is 1. The molecule has 33 heavy (non-hydrogen) atoms. The van der Waals surface area contributed by atoms with Crippen LogP contribution in [0.2, 0.25) is 0 Å². The molecule has 166 valence electrons. The quantitative estimate of drug-likeness (QED) is 0.356. The SMILES string of the molecule is O=C(NC1CC1)c1cc(=O)c2cccnc2n1-c1cccc(S(=O)(=O)c2ccc[n+]([O-])c2)c1. The van der Waals surface area contributed by atoms with Crippen molar-refractivity contribution in [2.45, 2.75) is 28.7 Å². The van der Waals surface area contributed by atoms with E-state index in [4.69, 9.17) is 0 Å². The monoisotopic (exact) mass is 462 g/mol.